The third-order valence-corrected chi connectivity index (χ3v) is 10.8. The highest BCUT2D eigenvalue weighted by atomic mass is 35.5. The molecule has 1 atom stereocenters. The fraction of sp³-hybridized carbons (Fsp3) is 0.342. The van der Waals surface area contributed by atoms with Crippen LogP contribution in [-0.4, -0.2) is 48.3 Å². The predicted octanol–water partition coefficient (Wildman–Crippen LogP) is 8.19. The lowest BCUT2D eigenvalue weighted by Crippen LogP contribution is -2.42. The van der Waals surface area contributed by atoms with Crippen LogP contribution in [0.4, 0.5) is 5.69 Å². The van der Waals surface area contributed by atoms with Crippen molar-refractivity contribution in [3.05, 3.63) is 92.0 Å². The van der Waals surface area contributed by atoms with Crippen molar-refractivity contribution in [1.82, 2.24) is 24.1 Å². The highest BCUT2D eigenvalue weighted by molar-refractivity contribution is 6.35. The van der Waals surface area contributed by atoms with Crippen molar-refractivity contribution in [2.45, 2.75) is 60.1 Å². The maximum Gasteiger partial charge on any atom is 0.275 e. The first-order valence-electron chi connectivity index (χ1n) is 16.6. The number of aromatic nitrogens is 5. The molecule has 6 aromatic rings. The van der Waals surface area contributed by atoms with Crippen LogP contribution in [0.3, 0.4) is 0 Å². The van der Waals surface area contributed by atoms with Crippen molar-refractivity contribution in [2.24, 2.45) is 14.1 Å². The van der Waals surface area contributed by atoms with Gasteiger partial charge in [0.05, 0.1) is 46.3 Å². The van der Waals surface area contributed by atoms with Gasteiger partial charge in [0.1, 0.15) is 11.4 Å². The van der Waals surface area contributed by atoms with E-state index in [0.29, 0.717) is 42.4 Å². The minimum Gasteiger partial charge on any atom is -0.494 e. The van der Waals surface area contributed by atoms with Crippen LogP contribution in [-0.2, 0) is 27.1 Å². The molecule has 7 rings (SSSR count). The average Bonchev–Trinajstić information content (AvgIpc) is 3.67. The molecular formula is C38H40Cl2N6O3. The minimum absolute atomic E-state index is 0.0979. The van der Waals surface area contributed by atoms with E-state index in [2.05, 4.69) is 16.6 Å². The number of anilines is 1. The van der Waals surface area contributed by atoms with Crippen molar-refractivity contribution in [1.29, 1.82) is 0 Å². The number of fused-ring (bicyclic) bond motifs is 4. The molecule has 0 unspecified atom stereocenters. The van der Waals surface area contributed by atoms with Crippen molar-refractivity contribution in [3.63, 3.8) is 0 Å². The number of carbonyl (C=O) groups is 1. The molecule has 254 valence electrons. The lowest BCUT2D eigenvalue weighted by molar-refractivity contribution is 0.0957. The zero-order valence-corrected chi connectivity index (χ0v) is 30.4. The normalized spacial score (nSPS) is 14.8. The summed E-state index contributed by atoms with van der Waals surface area (Å²) in [6.07, 6.45) is 1.30. The van der Waals surface area contributed by atoms with E-state index in [4.69, 9.17) is 33.0 Å². The molecule has 0 bridgehead atoms. The Morgan fingerprint density at radius 3 is 2.39 bits per heavy atom. The van der Waals surface area contributed by atoms with Crippen LogP contribution < -0.4 is 9.64 Å². The Kier molecular flexibility index (Phi) is 8.49. The van der Waals surface area contributed by atoms with E-state index in [1.165, 1.54) is 0 Å². The van der Waals surface area contributed by atoms with Gasteiger partial charge in [-0.3, -0.25) is 14.2 Å². The summed E-state index contributed by atoms with van der Waals surface area (Å²) in [5.74, 6) is 0.677. The zero-order chi connectivity index (χ0) is 34.9. The number of ether oxygens (including phenoxy) is 1. The summed E-state index contributed by atoms with van der Waals surface area (Å²) in [5, 5.41) is 22.6. The number of aryl methyl sites for hydroxylation is 6. The number of hydrogen-bond acceptors (Lipinski definition) is 5. The van der Waals surface area contributed by atoms with Gasteiger partial charge in [0.25, 0.3) is 5.91 Å². The standard InChI is InChI=1S/C38H40Cl2N6O3/c1-20-16-25(17-21(2)35(20)40)49-15-9-10-26-27-13-14-28(39)33(32-23(4)41-43(6)24(32)5)36(27)46-22(3)18-45(38(48)37(26)46)31-12-8-11-30-34(31)29(19-47)42-44(30)7/h8,11-14,16-17,22,47H,9-10,15,18-19H2,1-7H3/t22-/m1/s1. The summed E-state index contributed by atoms with van der Waals surface area (Å²) in [7, 11) is 3.79. The Morgan fingerprint density at radius 1 is 0.980 bits per heavy atom. The lowest BCUT2D eigenvalue weighted by Gasteiger charge is -2.34. The number of benzene rings is 3. The van der Waals surface area contributed by atoms with E-state index in [1.54, 1.807) is 4.68 Å². The van der Waals surface area contributed by atoms with Gasteiger partial charge in [-0.25, -0.2) is 0 Å². The molecule has 0 spiro atoms. The zero-order valence-electron chi connectivity index (χ0n) is 28.9. The smallest absolute Gasteiger partial charge is 0.275 e. The van der Waals surface area contributed by atoms with Crippen LogP contribution in [0.15, 0.2) is 42.5 Å². The number of rotatable bonds is 8. The second-order valence-corrected chi connectivity index (χ2v) is 14.0. The number of hydrogen-bond donors (Lipinski definition) is 1. The summed E-state index contributed by atoms with van der Waals surface area (Å²) in [6, 6.07) is 13.6. The Balaban J connectivity index is 1.38. The second-order valence-electron chi connectivity index (χ2n) is 13.2. The van der Waals surface area contributed by atoms with E-state index in [0.717, 1.165) is 77.5 Å². The van der Waals surface area contributed by atoms with Crippen LogP contribution in [0.1, 0.15) is 63.6 Å². The third kappa shape index (κ3) is 5.30. The van der Waals surface area contributed by atoms with Gasteiger partial charge in [-0.05, 0) is 94.5 Å². The van der Waals surface area contributed by atoms with E-state index in [1.807, 2.05) is 93.8 Å². The molecule has 3 aromatic heterocycles. The fourth-order valence-corrected chi connectivity index (χ4v) is 8.01. The highest BCUT2D eigenvalue weighted by Crippen LogP contribution is 2.45. The number of aliphatic hydroxyl groups is 1. The van der Waals surface area contributed by atoms with Gasteiger partial charge < -0.3 is 19.3 Å². The topological polar surface area (TPSA) is 90.3 Å². The number of nitrogens with zero attached hydrogens (tertiary/aromatic N) is 6. The van der Waals surface area contributed by atoms with Crippen LogP contribution in [0.2, 0.25) is 10.0 Å². The highest BCUT2D eigenvalue weighted by Gasteiger charge is 2.37. The number of amides is 1. The first kappa shape index (κ1) is 33.2. The molecule has 4 heterocycles. The second kappa shape index (κ2) is 12.5. The summed E-state index contributed by atoms with van der Waals surface area (Å²) in [6.45, 7) is 10.8. The summed E-state index contributed by atoms with van der Waals surface area (Å²) < 4.78 is 12.0. The van der Waals surface area contributed by atoms with E-state index >= 15 is 0 Å². The molecule has 0 radical (unpaired) electrons. The lowest BCUT2D eigenvalue weighted by atomic mass is 9.98. The molecule has 1 aliphatic rings. The van der Waals surface area contributed by atoms with Crippen LogP contribution >= 0.6 is 23.2 Å². The van der Waals surface area contributed by atoms with Crippen molar-refractivity contribution in [2.75, 3.05) is 18.1 Å². The molecule has 49 heavy (non-hydrogen) atoms. The predicted molar refractivity (Wildman–Crippen MR) is 196 cm³/mol. The van der Waals surface area contributed by atoms with Crippen molar-refractivity contribution in [3.8, 4) is 16.9 Å². The monoisotopic (exact) mass is 698 g/mol. The van der Waals surface area contributed by atoms with Gasteiger partial charge in [0.2, 0.25) is 0 Å². The molecule has 9 nitrogen and oxygen atoms in total. The van der Waals surface area contributed by atoms with Gasteiger partial charge >= 0.3 is 0 Å². The van der Waals surface area contributed by atoms with Crippen molar-refractivity contribution >= 4 is 56.6 Å². The number of aliphatic hydroxyl groups excluding tert-OH is 1. The average molecular weight is 700 g/mol. The molecule has 1 N–H and O–H groups in total. The molecular weight excluding hydrogens is 659 g/mol. The maximum atomic E-state index is 15.0. The first-order valence-corrected chi connectivity index (χ1v) is 17.3. The van der Waals surface area contributed by atoms with Crippen LogP contribution in [0, 0.1) is 27.7 Å². The largest absolute Gasteiger partial charge is 0.494 e. The van der Waals surface area contributed by atoms with Crippen LogP contribution in [0.25, 0.3) is 32.9 Å². The van der Waals surface area contributed by atoms with Gasteiger partial charge in [-0.1, -0.05) is 35.3 Å². The van der Waals surface area contributed by atoms with Gasteiger partial charge in [0.15, 0.2) is 0 Å². The SMILES string of the molecule is Cc1cc(OCCCc2c3n(c4c(-c5c(C)nn(C)c5C)c(Cl)ccc24)[C@H](C)CN(c2cccc4c2c(CO)nn4C)C3=O)cc(C)c1Cl. The third-order valence-electron chi connectivity index (χ3n) is 9.93. The fourth-order valence-electron chi connectivity index (χ4n) is 7.65. The van der Waals surface area contributed by atoms with E-state index in [9.17, 15) is 9.90 Å². The number of carbonyl (C=O) groups excluding carboxylic acids is 1. The van der Waals surface area contributed by atoms with Crippen LogP contribution in [0.5, 0.6) is 5.75 Å². The molecule has 1 amide bonds. The Hall–Kier alpha value is -4.31. The number of halogens is 2. The summed E-state index contributed by atoms with van der Waals surface area (Å²) in [4.78, 5) is 16.8. The van der Waals surface area contributed by atoms with Gasteiger partial charge in [-0.15, -0.1) is 0 Å². The first-order chi connectivity index (χ1) is 23.4. The summed E-state index contributed by atoms with van der Waals surface area (Å²) in [5.41, 5.74) is 10.4. The molecule has 0 fully saturated rings. The van der Waals surface area contributed by atoms with Crippen molar-refractivity contribution < 1.29 is 14.6 Å². The van der Waals surface area contributed by atoms with Gasteiger partial charge in [0, 0.05) is 59.3 Å². The molecule has 0 saturated carbocycles. The molecule has 0 saturated heterocycles. The Bertz CT molecular complexity index is 2280. The molecule has 1 aliphatic heterocycles. The van der Waals surface area contributed by atoms with E-state index < -0.39 is 0 Å². The summed E-state index contributed by atoms with van der Waals surface area (Å²) >= 11 is 13.5. The minimum atomic E-state index is -0.226. The van der Waals surface area contributed by atoms with E-state index in [-0.39, 0.29) is 18.6 Å². The molecule has 0 aliphatic carbocycles. The maximum absolute atomic E-state index is 15.0. The molecule has 11 heteroatoms. The Labute approximate surface area is 295 Å². The quantitative estimate of drug-likeness (QED) is 0.162. The Morgan fingerprint density at radius 2 is 1.71 bits per heavy atom. The van der Waals surface area contributed by atoms with Gasteiger partial charge in [-0.2, -0.15) is 10.2 Å². The molecule has 3 aromatic carbocycles.